The van der Waals surface area contributed by atoms with Crippen molar-refractivity contribution in [2.24, 2.45) is 5.73 Å². The van der Waals surface area contributed by atoms with Crippen LogP contribution in [-0.2, 0) is 12.8 Å². The van der Waals surface area contributed by atoms with Crippen LogP contribution in [0.25, 0.3) is 0 Å². The summed E-state index contributed by atoms with van der Waals surface area (Å²) in [6, 6.07) is 0.485. The van der Waals surface area contributed by atoms with Crippen LogP contribution in [-0.4, -0.2) is 66.3 Å². The molecule has 1 aromatic heterocycles. The summed E-state index contributed by atoms with van der Waals surface area (Å²) in [6.07, 6.45) is 6.35. The van der Waals surface area contributed by atoms with Gasteiger partial charge in [0.2, 0.25) is 5.89 Å². The standard InChI is InChI=1S/C15H29N5O/c1-19-9-10-20(2)13(12-19)11-14-17-15(21-18-14)7-5-3-4-6-8-16/h13H,3-12,16H2,1-2H3. The molecule has 2 heterocycles. The van der Waals surface area contributed by atoms with Crippen molar-refractivity contribution in [2.75, 3.05) is 40.3 Å². The summed E-state index contributed by atoms with van der Waals surface area (Å²) in [7, 11) is 4.35. The van der Waals surface area contributed by atoms with Crippen molar-refractivity contribution < 1.29 is 4.52 Å². The van der Waals surface area contributed by atoms with E-state index in [4.69, 9.17) is 10.3 Å². The molecule has 0 spiro atoms. The predicted octanol–water partition coefficient (Wildman–Crippen LogP) is 0.920. The molecule has 1 aliphatic heterocycles. The average molecular weight is 295 g/mol. The van der Waals surface area contributed by atoms with E-state index in [-0.39, 0.29) is 0 Å². The molecule has 1 saturated heterocycles. The number of nitrogens with zero attached hydrogens (tertiary/aromatic N) is 4. The number of hydrogen-bond acceptors (Lipinski definition) is 6. The molecule has 1 unspecified atom stereocenters. The van der Waals surface area contributed by atoms with Crippen molar-refractivity contribution in [1.82, 2.24) is 19.9 Å². The van der Waals surface area contributed by atoms with Crippen molar-refractivity contribution >= 4 is 0 Å². The monoisotopic (exact) mass is 295 g/mol. The van der Waals surface area contributed by atoms with E-state index >= 15 is 0 Å². The maximum absolute atomic E-state index is 5.49. The lowest BCUT2D eigenvalue weighted by molar-refractivity contribution is 0.113. The van der Waals surface area contributed by atoms with Gasteiger partial charge >= 0.3 is 0 Å². The van der Waals surface area contributed by atoms with Gasteiger partial charge in [-0.1, -0.05) is 18.0 Å². The molecule has 2 N–H and O–H groups in total. The topological polar surface area (TPSA) is 71.4 Å². The Labute approximate surface area is 127 Å². The van der Waals surface area contributed by atoms with E-state index in [1.54, 1.807) is 0 Å². The van der Waals surface area contributed by atoms with Gasteiger partial charge in [-0.05, 0) is 33.5 Å². The normalized spacial score (nSPS) is 21.0. The molecule has 0 bridgehead atoms. The van der Waals surface area contributed by atoms with Crippen molar-refractivity contribution in [2.45, 2.75) is 44.6 Å². The van der Waals surface area contributed by atoms with Crippen LogP contribution in [0.3, 0.4) is 0 Å². The smallest absolute Gasteiger partial charge is 0.226 e. The SMILES string of the molecule is CN1CCN(C)C(Cc2noc(CCCCCCN)n2)C1. The number of unbranched alkanes of at least 4 members (excludes halogenated alkanes) is 3. The Morgan fingerprint density at radius 3 is 2.81 bits per heavy atom. The first kappa shape index (κ1) is 16.4. The van der Waals surface area contributed by atoms with Gasteiger partial charge in [0.05, 0.1) is 0 Å². The van der Waals surface area contributed by atoms with Gasteiger partial charge in [-0.25, -0.2) is 0 Å². The van der Waals surface area contributed by atoms with E-state index in [9.17, 15) is 0 Å². The number of hydrogen-bond donors (Lipinski definition) is 1. The zero-order chi connectivity index (χ0) is 15.1. The van der Waals surface area contributed by atoms with Crippen LogP contribution in [0.1, 0.15) is 37.4 Å². The largest absolute Gasteiger partial charge is 0.339 e. The lowest BCUT2D eigenvalue weighted by atomic mass is 10.1. The predicted molar refractivity (Wildman–Crippen MR) is 83.1 cm³/mol. The Balaban J connectivity index is 1.74. The number of rotatable bonds is 8. The Morgan fingerprint density at radius 2 is 2.00 bits per heavy atom. The molecular weight excluding hydrogens is 266 g/mol. The van der Waals surface area contributed by atoms with E-state index in [1.165, 1.54) is 12.8 Å². The summed E-state index contributed by atoms with van der Waals surface area (Å²) in [5.74, 6) is 1.63. The third-order valence-electron chi connectivity index (χ3n) is 4.25. The number of nitrogens with two attached hydrogens (primary N) is 1. The first-order valence-electron chi connectivity index (χ1n) is 8.09. The van der Waals surface area contributed by atoms with Gasteiger partial charge < -0.3 is 20.1 Å². The van der Waals surface area contributed by atoms with E-state index in [0.29, 0.717) is 6.04 Å². The molecule has 0 radical (unpaired) electrons. The Morgan fingerprint density at radius 1 is 1.19 bits per heavy atom. The molecule has 1 aliphatic rings. The number of aromatic nitrogens is 2. The summed E-state index contributed by atoms with van der Waals surface area (Å²) >= 11 is 0. The maximum Gasteiger partial charge on any atom is 0.226 e. The third kappa shape index (κ3) is 5.37. The molecule has 6 heteroatoms. The highest BCUT2D eigenvalue weighted by atomic mass is 16.5. The highest BCUT2D eigenvalue weighted by Gasteiger charge is 2.24. The summed E-state index contributed by atoms with van der Waals surface area (Å²) < 4.78 is 5.36. The zero-order valence-electron chi connectivity index (χ0n) is 13.4. The molecule has 0 aliphatic carbocycles. The lowest BCUT2D eigenvalue weighted by Gasteiger charge is -2.37. The molecule has 2 rings (SSSR count). The molecule has 0 amide bonds. The van der Waals surface area contributed by atoms with Gasteiger partial charge in [0.25, 0.3) is 0 Å². The lowest BCUT2D eigenvalue weighted by Crippen LogP contribution is -2.50. The van der Waals surface area contributed by atoms with Gasteiger partial charge in [-0.3, -0.25) is 0 Å². The molecule has 1 atom stereocenters. The van der Waals surface area contributed by atoms with Crippen molar-refractivity contribution in [3.05, 3.63) is 11.7 Å². The molecule has 0 aromatic carbocycles. The molecule has 120 valence electrons. The second-order valence-corrected chi connectivity index (χ2v) is 6.16. The van der Waals surface area contributed by atoms with Crippen LogP contribution < -0.4 is 5.73 Å². The summed E-state index contributed by atoms with van der Waals surface area (Å²) in [4.78, 5) is 9.29. The Hall–Kier alpha value is -0.980. The maximum atomic E-state index is 5.49. The zero-order valence-corrected chi connectivity index (χ0v) is 13.4. The Bertz CT molecular complexity index is 409. The highest BCUT2D eigenvalue weighted by molar-refractivity contribution is 4.93. The second kappa shape index (κ2) is 8.46. The molecule has 0 saturated carbocycles. The van der Waals surface area contributed by atoms with Gasteiger partial charge in [0, 0.05) is 38.5 Å². The fourth-order valence-electron chi connectivity index (χ4n) is 2.78. The van der Waals surface area contributed by atoms with Crippen LogP contribution in [0.2, 0.25) is 0 Å². The second-order valence-electron chi connectivity index (χ2n) is 6.16. The summed E-state index contributed by atoms with van der Waals surface area (Å²) in [5.41, 5.74) is 5.49. The van der Waals surface area contributed by atoms with Crippen molar-refractivity contribution in [3.8, 4) is 0 Å². The number of likely N-dealkylation sites (N-methyl/N-ethyl adjacent to an activating group) is 2. The van der Waals surface area contributed by atoms with E-state index in [1.807, 2.05) is 0 Å². The molecule has 1 aromatic rings. The van der Waals surface area contributed by atoms with Crippen LogP contribution in [0.4, 0.5) is 0 Å². The van der Waals surface area contributed by atoms with Crippen molar-refractivity contribution in [3.63, 3.8) is 0 Å². The number of piperazine rings is 1. The minimum absolute atomic E-state index is 0.485. The fraction of sp³-hybridized carbons (Fsp3) is 0.867. The van der Waals surface area contributed by atoms with E-state index < -0.39 is 0 Å². The van der Waals surface area contributed by atoms with Gasteiger partial charge in [0.1, 0.15) is 0 Å². The van der Waals surface area contributed by atoms with Crippen LogP contribution in [0.5, 0.6) is 0 Å². The highest BCUT2D eigenvalue weighted by Crippen LogP contribution is 2.12. The quantitative estimate of drug-likeness (QED) is 0.719. The molecule has 1 fully saturated rings. The van der Waals surface area contributed by atoms with E-state index in [0.717, 1.165) is 63.6 Å². The van der Waals surface area contributed by atoms with Crippen molar-refractivity contribution in [1.29, 1.82) is 0 Å². The van der Waals surface area contributed by atoms with Crippen LogP contribution in [0.15, 0.2) is 4.52 Å². The minimum Gasteiger partial charge on any atom is -0.339 e. The third-order valence-corrected chi connectivity index (χ3v) is 4.25. The van der Waals surface area contributed by atoms with Crippen LogP contribution >= 0.6 is 0 Å². The molecular formula is C15H29N5O. The van der Waals surface area contributed by atoms with Gasteiger partial charge in [-0.2, -0.15) is 4.98 Å². The minimum atomic E-state index is 0.485. The van der Waals surface area contributed by atoms with Gasteiger partial charge in [0.15, 0.2) is 5.82 Å². The molecule has 6 nitrogen and oxygen atoms in total. The summed E-state index contributed by atoms with van der Waals surface area (Å²) in [5, 5.41) is 4.13. The summed E-state index contributed by atoms with van der Waals surface area (Å²) in [6.45, 7) is 4.09. The van der Waals surface area contributed by atoms with E-state index in [2.05, 4.69) is 34.0 Å². The van der Waals surface area contributed by atoms with Gasteiger partial charge in [-0.15, -0.1) is 0 Å². The fourth-order valence-corrected chi connectivity index (χ4v) is 2.78. The average Bonchev–Trinajstić information content (AvgIpc) is 2.90. The molecule has 21 heavy (non-hydrogen) atoms. The number of aryl methyl sites for hydroxylation is 1. The Kier molecular flexibility index (Phi) is 6.60. The van der Waals surface area contributed by atoms with Crippen LogP contribution in [0, 0.1) is 0 Å². The first-order chi connectivity index (χ1) is 10.2. The first-order valence-corrected chi connectivity index (χ1v) is 8.09.